The Kier molecular flexibility index (Phi) is 5.31. The van der Waals surface area contributed by atoms with E-state index >= 15 is 0 Å². The van der Waals surface area contributed by atoms with Crippen molar-refractivity contribution in [2.75, 3.05) is 14.2 Å². The molecule has 0 bridgehead atoms. The van der Waals surface area contributed by atoms with Crippen molar-refractivity contribution in [1.82, 2.24) is 0 Å². The number of rotatable bonds is 5. The lowest BCUT2D eigenvalue weighted by molar-refractivity contribution is -0.135. The fourth-order valence-electron chi connectivity index (χ4n) is 1.52. The van der Waals surface area contributed by atoms with E-state index in [0.29, 0.717) is 17.1 Å². The maximum atomic E-state index is 12.2. The van der Waals surface area contributed by atoms with Gasteiger partial charge in [-0.2, -0.15) is 13.2 Å². The van der Waals surface area contributed by atoms with Crippen LogP contribution in [0, 0.1) is 0 Å². The Bertz CT molecular complexity index is 393. The summed E-state index contributed by atoms with van der Waals surface area (Å²) < 4.78 is 46.7. The van der Waals surface area contributed by atoms with E-state index in [1.807, 2.05) is 0 Å². The summed E-state index contributed by atoms with van der Waals surface area (Å²) in [5, 5.41) is 0. The zero-order valence-corrected chi connectivity index (χ0v) is 11.6. The minimum atomic E-state index is -4.15. The van der Waals surface area contributed by atoms with Crippen molar-refractivity contribution in [2.45, 2.75) is 23.8 Å². The van der Waals surface area contributed by atoms with Crippen LogP contribution in [0.4, 0.5) is 13.2 Å². The molecule has 0 radical (unpaired) electrons. The lowest BCUT2D eigenvalue weighted by atomic mass is 10.1. The molecule has 1 atom stereocenters. The predicted molar refractivity (Wildman–Crippen MR) is 66.5 cm³/mol. The number of hydrogen-bond acceptors (Lipinski definition) is 2. The van der Waals surface area contributed by atoms with Crippen LogP contribution in [0.1, 0.15) is 23.2 Å². The normalized spacial score (nSPS) is 13.2. The molecule has 0 saturated heterocycles. The molecule has 0 fully saturated rings. The largest absolute Gasteiger partial charge is 0.497 e. The van der Waals surface area contributed by atoms with Gasteiger partial charge >= 0.3 is 6.18 Å². The molecule has 1 aromatic carbocycles. The molecule has 102 valence electrons. The third kappa shape index (κ3) is 4.40. The van der Waals surface area contributed by atoms with Crippen LogP contribution in [0.5, 0.6) is 11.5 Å². The van der Waals surface area contributed by atoms with E-state index in [-0.39, 0.29) is 6.42 Å². The van der Waals surface area contributed by atoms with Crippen molar-refractivity contribution in [1.29, 1.82) is 0 Å². The second-order valence-corrected chi connectivity index (χ2v) is 4.83. The quantitative estimate of drug-likeness (QED) is 0.742. The Balaban J connectivity index is 2.81. The molecule has 0 heterocycles. The van der Waals surface area contributed by atoms with Gasteiger partial charge in [0.15, 0.2) is 0 Å². The molecule has 0 aliphatic heterocycles. The number of alkyl halides is 4. The van der Waals surface area contributed by atoms with E-state index < -0.39 is 17.4 Å². The molecule has 0 N–H and O–H groups in total. The van der Waals surface area contributed by atoms with Gasteiger partial charge in [-0.15, -0.1) is 0 Å². The van der Waals surface area contributed by atoms with Crippen molar-refractivity contribution < 1.29 is 22.6 Å². The van der Waals surface area contributed by atoms with Gasteiger partial charge in [0.05, 0.1) is 14.2 Å². The van der Waals surface area contributed by atoms with Crippen molar-refractivity contribution in [2.24, 2.45) is 0 Å². The van der Waals surface area contributed by atoms with Crippen LogP contribution in [0.25, 0.3) is 0 Å². The molecule has 1 aromatic rings. The average molecular weight is 327 g/mol. The predicted octanol–water partition coefficient (Wildman–Crippen LogP) is 4.48. The summed E-state index contributed by atoms with van der Waals surface area (Å²) in [5.74, 6) is 1.12. The van der Waals surface area contributed by atoms with Crippen LogP contribution in [0.2, 0.25) is 0 Å². The summed E-state index contributed by atoms with van der Waals surface area (Å²) in [7, 11) is 2.99. The first-order valence-corrected chi connectivity index (χ1v) is 6.21. The second kappa shape index (κ2) is 6.31. The third-order valence-corrected chi connectivity index (χ3v) is 3.41. The molecule has 0 aliphatic carbocycles. The molecule has 6 heteroatoms. The van der Waals surface area contributed by atoms with Gasteiger partial charge in [0, 0.05) is 22.9 Å². The summed E-state index contributed by atoms with van der Waals surface area (Å²) in [6, 6.07) is 5.05. The number of halogens is 4. The van der Waals surface area contributed by atoms with Crippen molar-refractivity contribution >= 4 is 15.9 Å². The topological polar surface area (TPSA) is 18.5 Å². The smallest absolute Gasteiger partial charge is 0.389 e. The van der Waals surface area contributed by atoms with Gasteiger partial charge in [-0.05, 0) is 12.5 Å². The van der Waals surface area contributed by atoms with Crippen LogP contribution in [0.15, 0.2) is 18.2 Å². The minimum absolute atomic E-state index is 0.0355. The fourth-order valence-corrected chi connectivity index (χ4v) is 2.13. The Morgan fingerprint density at radius 2 is 1.89 bits per heavy atom. The lowest BCUT2D eigenvalue weighted by Gasteiger charge is -2.16. The van der Waals surface area contributed by atoms with E-state index in [1.165, 1.54) is 14.2 Å². The molecule has 18 heavy (non-hydrogen) atoms. The van der Waals surface area contributed by atoms with Crippen LogP contribution < -0.4 is 9.47 Å². The number of benzene rings is 1. The van der Waals surface area contributed by atoms with Gasteiger partial charge < -0.3 is 9.47 Å². The Morgan fingerprint density at radius 1 is 1.22 bits per heavy atom. The minimum Gasteiger partial charge on any atom is -0.497 e. The molecule has 0 amide bonds. The van der Waals surface area contributed by atoms with Gasteiger partial charge in [0.2, 0.25) is 0 Å². The number of methoxy groups -OCH3 is 2. The van der Waals surface area contributed by atoms with Crippen LogP contribution >= 0.6 is 15.9 Å². The van der Waals surface area contributed by atoms with Crippen molar-refractivity contribution in [3.63, 3.8) is 0 Å². The average Bonchev–Trinajstić information content (AvgIpc) is 2.34. The van der Waals surface area contributed by atoms with Crippen molar-refractivity contribution in [3.8, 4) is 11.5 Å². The third-order valence-electron chi connectivity index (χ3n) is 2.46. The van der Waals surface area contributed by atoms with E-state index in [1.54, 1.807) is 18.2 Å². The molecule has 2 nitrogen and oxygen atoms in total. The Hall–Kier alpha value is -0.910. The molecular weight excluding hydrogens is 313 g/mol. The van der Waals surface area contributed by atoms with Crippen LogP contribution in [-0.2, 0) is 0 Å². The van der Waals surface area contributed by atoms with E-state index in [0.717, 1.165) is 0 Å². The maximum absolute atomic E-state index is 12.2. The van der Waals surface area contributed by atoms with Crippen molar-refractivity contribution in [3.05, 3.63) is 23.8 Å². The number of hydrogen-bond donors (Lipinski definition) is 0. The molecule has 0 aliphatic rings. The van der Waals surface area contributed by atoms with Crippen LogP contribution in [-0.4, -0.2) is 20.4 Å². The first kappa shape index (κ1) is 15.1. The highest BCUT2D eigenvalue weighted by Gasteiger charge is 2.28. The molecule has 0 aromatic heterocycles. The maximum Gasteiger partial charge on any atom is 0.389 e. The second-order valence-electron chi connectivity index (χ2n) is 3.73. The van der Waals surface area contributed by atoms with Crippen LogP contribution in [0.3, 0.4) is 0 Å². The molecule has 1 rings (SSSR count). The van der Waals surface area contributed by atoms with E-state index in [4.69, 9.17) is 9.47 Å². The summed E-state index contributed by atoms with van der Waals surface area (Å²) >= 11 is 3.26. The lowest BCUT2D eigenvalue weighted by Crippen LogP contribution is -2.08. The van der Waals surface area contributed by atoms with Gasteiger partial charge in [0.1, 0.15) is 11.5 Å². The molecule has 0 saturated carbocycles. The van der Waals surface area contributed by atoms with Gasteiger partial charge in [0.25, 0.3) is 0 Å². The first-order valence-electron chi connectivity index (χ1n) is 5.30. The zero-order valence-electron chi connectivity index (χ0n) is 10.1. The highest BCUT2D eigenvalue weighted by molar-refractivity contribution is 9.09. The summed E-state index contributed by atoms with van der Waals surface area (Å²) in [4.78, 5) is -0.403. The van der Waals surface area contributed by atoms with E-state index in [9.17, 15) is 13.2 Å². The van der Waals surface area contributed by atoms with Gasteiger partial charge in [-0.25, -0.2) is 0 Å². The molecule has 1 unspecified atom stereocenters. The SMILES string of the molecule is COc1ccc(C(Br)CCC(F)(F)F)c(OC)c1. The number of ether oxygens (including phenoxy) is 2. The Labute approximate surface area is 112 Å². The molecular formula is C12H14BrF3O2. The summed E-state index contributed by atoms with van der Waals surface area (Å²) in [6.07, 6.45) is -5.02. The fraction of sp³-hybridized carbons (Fsp3) is 0.500. The Morgan fingerprint density at radius 3 is 2.39 bits per heavy atom. The standard InChI is InChI=1S/C12H14BrF3O2/c1-17-8-3-4-9(11(7-8)18-2)10(13)5-6-12(14,15)16/h3-4,7,10H,5-6H2,1-2H3. The summed E-state index contributed by atoms with van der Waals surface area (Å²) in [6.45, 7) is 0. The zero-order chi connectivity index (χ0) is 13.8. The highest BCUT2D eigenvalue weighted by atomic mass is 79.9. The van der Waals surface area contributed by atoms with E-state index in [2.05, 4.69) is 15.9 Å². The monoisotopic (exact) mass is 326 g/mol. The summed E-state index contributed by atoms with van der Waals surface area (Å²) in [5.41, 5.74) is 0.683. The first-order chi connectivity index (χ1) is 8.37. The molecule has 0 spiro atoms. The van der Waals surface area contributed by atoms with Gasteiger partial charge in [-0.3, -0.25) is 0 Å². The highest BCUT2D eigenvalue weighted by Crippen LogP contribution is 2.38. The van der Waals surface area contributed by atoms with Gasteiger partial charge in [-0.1, -0.05) is 22.0 Å².